The molecule has 1 amide bonds. The molecule has 1 aliphatic rings. The van der Waals surface area contributed by atoms with Crippen molar-refractivity contribution in [3.8, 4) is 0 Å². The first-order chi connectivity index (χ1) is 6.88. The molecule has 2 unspecified atom stereocenters. The maximum Gasteiger partial charge on any atom is 0.240 e. The Labute approximate surface area is 95.5 Å². The standard InChI is InChI=1S/C9H16ClNO3S/c1-7(15(2,13)14)9(12)11-5-3-4-8(11)6-10/h7-8H,3-6H2,1-2H3. The normalized spacial score (nSPS) is 24.2. The molecule has 2 atom stereocenters. The van der Waals surface area contributed by atoms with Gasteiger partial charge in [-0.3, -0.25) is 4.79 Å². The fraction of sp³-hybridized carbons (Fsp3) is 0.889. The van der Waals surface area contributed by atoms with Crippen LogP contribution < -0.4 is 0 Å². The largest absolute Gasteiger partial charge is 0.337 e. The van der Waals surface area contributed by atoms with Gasteiger partial charge in [0.2, 0.25) is 5.91 Å². The summed E-state index contributed by atoms with van der Waals surface area (Å²) in [5.41, 5.74) is 0. The number of carbonyl (C=O) groups is 1. The highest BCUT2D eigenvalue weighted by Crippen LogP contribution is 2.20. The van der Waals surface area contributed by atoms with Crippen molar-refractivity contribution < 1.29 is 13.2 Å². The molecule has 6 heteroatoms. The van der Waals surface area contributed by atoms with Gasteiger partial charge in [0.25, 0.3) is 0 Å². The Kier molecular flexibility index (Phi) is 4.00. The van der Waals surface area contributed by atoms with Gasteiger partial charge < -0.3 is 4.90 Å². The quantitative estimate of drug-likeness (QED) is 0.694. The van der Waals surface area contributed by atoms with Gasteiger partial charge in [0.1, 0.15) is 5.25 Å². The second-order valence-electron chi connectivity index (χ2n) is 3.95. The SMILES string of the molecule is CC(C(=O)N1CCCC1CCl)S(C)(=O)=O. The molecule has 0 bridgehead atoms. The Morgan fingerprint density at radius 2 is 2.20 bits per heavy atom. The highest BCUT2D eigenvalue weighted by Gasteiger charge is 2.34. The van der Waals surface area contributed by atoms with E-state index in [0.29, 0.717) is 12.4 Å². The van der Waals surface area contributed by atoms with Crippen molar-refractivity contribution in [1.82, 2.24) is 4.90 Å². The molecule has 1 fully saturated rings. The third kappa shape index (κ3) is 2.84. The average Bonchev–Trinajstić information content (AvgIpc) is 2.61. The minimum absolute atomic E-state index is 0.00312. The molecule has 0 radical (unpaired) electrons. The van der Waals surface area contributed by atoms with E-state index in [0.717, 1.165) is 19.1 Å². The second kappa shape index (κ2) is 4.70. The summed E-state index contributed by atoms with van der Waals surface area (Å²) in [7, 11) is -3.31. The van der Waals surface area contributed by atoms with Gasteiger partial charge in [-0.1, -0.05) is 0 Å². The van der Waals surface area contributed by atoms with Crippen molar-refractivity contribution >= 4 is 27.3 Å². The molecule has 0 aromatic rings. The molecule has 0 aromatic carbocycles. The van der Waals surface area contributed by atoms with Gasteiger partial charge in [-0.05, 0) is 19.8 Å². The van der Waals surface area contributed by atoms with E-state index in [-0.39, 0.29) is 11.9 Å². The molecule has 1 heterocycles. The minimum Gasteiger partial charge on any atom is -0.337 e. The van der Waals surface area contributed by atoms with E-state index in [2.05, 4.69) is 0 Å². The van der Waals surface area contributed by atoms with E-state index in [1.54, 1.807) is 4.90 Å². The van der Waals surface area contributed by atoms with Gasteiger partial charge in [0.15, 0.2) is 9.84 Å². The number of hydrogen-bond acceptors (Lipinski definition) is 3. The van der Waals surface area contributed by atoms with Gasteiger partial charge in [0.05, 0.1) is 0 Å². The summed E-state index contributed by atoms with van der Waals surface area (Å²) in [5.74, 6) is 0.0584. The molecule has 1 aliphatic heterocycles. The first kappa shape index (κ1) is 12.8. The summed E-state index contributed by atoms with van der Waals surface area (Å²) in [6.45, 7) is 2.05. The van der Waals surface area contributed by atoms with E-state index in [1.807, 2.05) is 0 Å². The first-order valence-corrected chi connectivity index (χ1v) is 7.42. The molecule has 0 saturated carbocycles. The number of nitrogens with zero attached hydrogens (tertiary/aromatic N) is 1. The van der Waals surface area contributed by atoms with Crippen LogP contribution in [0.2, 0.25) is 0 Å². The lowest BCUT2D eigenvalue weighted by molar-refractivity contribution is -0.130. The van der Waals surface area contributed by atoms with Gasteiger partial charge in [-0.2, -0.15) is 0 Å². The van der Waals surface area contributed by atoms with Crippen LogP contribution in [0.1, 0.15) is 19.8 Å². The van der Waals surface area contributed by atoms with Crippen molar-refractivity contribution in [2.45, 2.75) is 31.1 Å². The highest BCUT2D eigenvalue weighted by atomic mass is 35.5. The van der Waals surface area contributed by atoms with Crippen LogP contribution in [0, 0.1) is 0 Å². The number of sulfone groups is 1. The average molecular weight is 254 g/mol. The lowest BCUT2D eigenvalue weighted by Gasteiger charge is -2.25. The smallest absolute Gasteiger partial charge is 0.240 e. The zero-order chi connectivity index (χ0) is 11.6. The fourth-order valence-corrected chi connectivity index (χ4v) is 2.53. The summed E-state index contributed by atoms with van der Waals surface area (Å²) in [5, 5.41) is -0.957. The van der Waals surface area contributed by atoms with Gasteiger partial charge in [-0.25, -0.2) is 8.42 Å². The number of hydrogen-bond donors (Lipinski definition) is 0. The molecule has 4 nitrogen and oxygen atoms in total. The summed E-state index contributed by atoms with van der Waals surface area (Å²) in [4.78, 5) is 13.4. The van der Waals surface area contributed by atoms with Crippen molar-refractivity contribution in [3.63, 3.8) is 0 Å². The predicted octanol–water partition coefficient (Wildman–Crippen LogP) is 0.649. The first-order valence-electron chi connectivity index (χ1n) is 4.93. The van der Waals surface area contributed by atoms with Crippen LogP contribution in [0.25, 0.3) is 0 Å². The molecule has 0 aromatic heterocycles. The summed E-state index contributed by atoms with van der Waals surface area (Å²) >= 11 is 5.72. The van der Waals surface area contributed by atoms with Crippen LogP contribution in [-0.4, -0.2) is 49.2 Å². The lowest BCUT2D eigenvalue weighted by atomic mass is 10.2. The fourth-order valence-electron chi connectivity index (χ4n) is 1.70. The number of likely N-dealkylation sites (tertiary alicyclic amines) is 1. The number of halogens is 1. The van der Waals surface area contributed by atoms with E-state index < -0.39 is 15.1 Å². The Bertz CT molecular complexity index is 341. The van der Waals surface area contributed by atoms with E-state index in [4.69, 9.17) is 11.6 Å². The minimum atomic E-state index is -3.31. The molecule has 1 rings (SSSR count). The monoisotopic (exact) mass is 253 g/mol. The van der Waals surface area contributed by atoms with Crippen LogP contribution in [0.4, 0.5) is 0 Å². The van der Waals surface area contributed by atoms with Crippen LogP contribution >= 0.6 is 11.6 Å². The third-order valence-electron chi connectivity index (χ3n) is 2.83. The zero-order valence-corrected chi connectivity index (χ0v) is 10.5. The van der Waals surface area contributed by atoms with Crippen LogP contribution in [0.15, 0.2) is 0 Å². The van der Waals surface area contributed by atoms with E-state index >= 15 is 0 Å². The predicted molar refractivity (Wildman–Crippen MR) is 59.8 cm³/mol. The maximum absolute atomic E-state index is 11.8. The Morgan fingerprint density at radius 1 is 1.60 bits per heavy atom. The lowest BCUT2D eigenvalue weighted by Crippen LogP contribution is -2.44. The van der Waals surface area contributed by atoms with Crippen molar-refractivity contribution in [1.29, 1.82) is 0 Å². The van der Waals surface area contributed by atoms with Crippen molar-refractivity contribution in [2.75, 3.05) is 18.7 Å². The number of rotatable bonds is 3. The highest BCUT2D eigenvalue weighted by molar-refractivity contribution is 7.92. The molecule has 0 aliphatic carbocycles. The Hall–Kier alpha value is -0.290. The molecule has 0 N–H and O–H groups in total. The Morgan fingerprint density at radius 3 is 2.67 bits per heavy atom. The Balaban J connectivity index is 2.76. The van der Waals surface area contributed by atoms with Crippen LogP contribution in [0.5, 0.6) is 0 Å². The van der Waals surface area contributed by atoms with Crippen LogP contribution in [-0.2, 0) is 14.6 Å². The number of carbonyl (C=O) groups excluding carboxylic acids is 1. The van der Waals surface area contributed by atoms with Gasteiger partial charge in [-0.15, -0.1) is 11.6 Å². The van der Waals surface area contributed by atoms with Gasteiger partial charge >= 0.3 is 0 Å². The summed E-state index contributed by atoms with van der Waals surface area (Å²) in [6.07, 6.45) is 2.85. The topological polar surface area (TPSA) is 54.5 Å². The molecule has 0 spiro atoms. The van der Waals surface area contributed by atoms with E-state index in [1.165, 1.54) is 6.92 Å². The molecular weight excluding hydrogens is 238 g/mol. The summed E-state index contributed by atoms with van der Waals surface area (Å²) < 4.78 is 22.5. The summed E-state index contributed by atoms with van der Waals surface area (Å²) in [6, 6.07) is 0.00312. The second-order valence-corrected chi connectivity index (χ2v) is 6.63. The number of amides is 1. The maximum atomic E-state index is 11.8. The molecule has 1 saturated heterocycles. The van der Waals surface area contributed by atoms with Crippen molar-refractivity contribution in [2.24, 2.45) is 0 Å². The van der Waals surface area contributed by atoms with Crippen LogP contribution in [0.3, 0.4) is 0 Å². The number of alkyl halides is 1. The third-order valence-corrected chi connectivity index (χ3v) is 4.67. The molecule has 15 heavy (non-hydrogen) atoms. The van der Waals surface area contributed by atoms with Gasteiger partial charge in [0, 0.05) is 24.7 Å². The van der Waals surface area contributed by atoms with E-state index in [9.17, 15) is 13.2 Å². The molecule has 88 valence electrons. The zero-order valence-electron chi connectivity index (χ0n) is 8.94. The molecular formula is C9H16ClNO3S. The van der Waals surface area contributed by atoms with Crippen molar-refractivity contribution in [3.05, 3.63) is 0 Å².